The van der Waals surface area contributed by atoms with Crippen molar-refractivity contribution >= 4 is 12.0 Å². The number of urea groups is 1. The van der Waals surface area contributed by atoms with E-state index in [1.807, 2.05) is 11.8 Å². The highest BCUT2D eigenvalue weighted by atomic mass is 16.4. The maximum atomic E-state index is 12.5. The summed E-state index contributed by atoms with van der Waals surface area (Å²) in [6.07, 6.45) is 2.12. The zero-order chi connectivity index (χ0) is 14.2. The molecule has 2 aliphatic heterocycles. The first-order valence-electron chi connectivity index (χ1n) is 7.20. The number of carbonyl (C=O) groups excluding carboxylic acids is 1. The largest absolute Gasteiger partial charge is 0.481 e. The quantitative estimate of drug-likeness (QED) is 0.831. The summed E-state index contributed by atoms with van der Waals surface area (Å²) in [5.74, 6) is -0.697. The topological polar surface area (TPSA) is 60.9 Å². The maximum Gasteiger partial charge on any atom is 0.320 e. The van der Waals surface area contributed by atoms with Crippen LogP contribution in [-0.2, 0) is 4.79 Å². The fourth-order valence-electron chi connectivity index (χ4n) is 3.35. The van der Waals surface area contributed by atoms with Crippen molar-refractivity contribution in [1.82, 2.24) is 9.80 Å². The highest BCUT2D eigenvalue weighted by Gasteiger charge is 2.41. The van der Waals surface area contributed by atoms with E-state index in [-0.39, 0.29) is 11.9 Å². The van der Waals surface area contributed by atoms with Gasteiger partial charge in [-0.15, -0.1) is 0 Å². The van der Waals surface area contributed by atoms with Crippen molar-refractivity contribution in [2.45, 2.75) is 39.7 Å². The van der Waals surface area contributed by atoms with Crippen LogP contribution < -0.4 is 0 Å². The van der Waals surface area contributed by atoms with Crippen LogP contribution in [0.4, 0.5) is 4.79 Å². The maximum absolute atomic E-state index is 12.5. The normalized spacial score (nSPS) is 31.3. The lowest BCUT2D eigenvalue weighted by Crippen LogP contribution is -2.46. The number of amides is 2. The molecule has 108 valence electrons. The third kappa shape index (κ3) is 2.69. The molecule has 2 aliphatic rings. The molecule has 0 aliphatic carbocycles. The van der Waals surface area contributed by atoms with E-state index in [9.17, 15) is 9.59 Å². The van der Waals surface area contributed by atoms with Crippen LogP contribution in [0.2, 0.25) is 0 Å². The molecular weight excluding hydrogens is 244 g/mol. The van der Waals surface area contributed by atoms with Gasteiger partial charge in [0.15, 0.2) is 0 Å². The molecular formula is C14H24N2O3. The number of aliphatic carboxylic acids is 1. The van der Waals surface area contributed by atoms with Crippen molar-refractivity contribution in [3.05, 3.63) is 0 Å². The summed E-state index contributed by atoms with van der Waals surface area (Å²) in [6, 6.07) is 0.346. The minimum Gasteiger partial charge on any atom is -0.481 e. The molecule has 0 aromatic carbocycles. The lowest BCUT2D eigenvalue weighted by molar-refractivity contribution is -0.142. The van der Waals surface area contributed by atoms with Gasteiger partial charge in [0.1, 0.15) is 0 Å². The van der Waals surface area contributed by atoms with Crippen LogP contribution in [0.15, 0.2) is 0 Å². The van der Waals surface area contributed by atoms with E-state index in [0.717, 1.165) is 19.4 Å². The highest BCUT2D eigenvalue weighted by molar-refractivity contribution is 5.78. The van der Waals surface area contributed by atoms with Gasteiger partial charge in [0.25, 0.3) is 0 Å². The Morgan fingerprint density at radius 1 is 1.26 bits per heavy atom. The zero-order valence-electron chi connectivity index (χ0n) is 12.0. The van der Waals surface area contributed by atoms with E-state index >= 15 is 0 Å². The fourth-order valence-corrected chi connectivity index (χ4v) is 3.35. The van der Waals surface area contributed by atoms with Gasteiger partial charge in [-0.05, 0) is 24.7 Å². The predicted octanol–water partition coefficient (Wildman–Crippen LogP) is 1.88. The Balaban J connectivity index is 2.03. The van der Waals surface area contributed by atoms with Crippen molar-refractivity contribution < 1.29 is 14.7 Å². The number of hydrogen-bond acceptors (Lipinski definition) is 2. The van der Waals surface area contributed by atoms with Crippen LogP contribution >= 0.6 is 0 Å². The Hall–Kier alpha value is -1.26. The number of hydrogen-bond donors (Lipinski definition) is 1. The Labute approximate surface area is 114 Å². The first-order chi connectivity index (χ1) is 8.91. The van der Waals surface area contributed by atoms with E-state index in [1.54, 1.807) is 4.90 Å². The Morgan fingerprint density at radius 2 is 1.95 bits per heavy atom. The third-order valence-corrected chi connectivity index (χ3v) is 4.51. The minimum atomic E-state index is -0.787. The first kappa shape index (κ1) is 14.2. The lowest BCUT2D eigenvalue weighted by atomic mass is 9.99. The number of nitrogens with zero attached hydrogens (tertiary/aromatic N) is 2. The molecule has 3 unspecified atom stereocenters. The molecule has 2 rings (SSSR count). The van der Waals surface area contributed by atoms with E-state index in [4.69, 9.17) is 5.11 Å². The van der Waals surface area contributed by atoms with Crippen LogP contribution in [0, 0.1) is 17.8 Å². The minimum absolute atomic E-state index is 0.0341. The molecule has 0 radical (unpaired) electrons. The summed E-state index contributed by atoms with van der Waals surface area (Å²) < 4.78 is 0. The van der Waals surface area contributed by atoms with Crippen LogP contribution in [0.3, 0.4) is 0 Å². The van der Waals surface area contributed by atoms with Crippen LogP contribution in [0.1, 0.15) is 33.6 Å². The number of likely N-dealkylation sites (tertiary alicyclic amines) is 2. The first-order valence-corrected chi connectivity index (χ1v) is 7.20. The SMILES string of the molecule is CC(C)C1CCCN1C(=O)N1CC(C)C(C(=O)O)C1. The summed E-state index contributed by atoms with van der Waals surface area (Å²) in [5.41, 5.74) is 0. The molecule has 2 saturated heterocycles. The average Bonchev–Trinajstić information content (AvgIpc) is 2.93. The van der Waals surface area contributed by atoms with Gasteiger partial charge in [0, 0.05) is 25.7 Å². The van der Waals surface area contributed by atoms with Crippen molar-refractivity contribution in [1.29, 1.82) is 0 Å². The van der Waals surface area contributed by atoms with Gasteiger partial charge in [0.05, 0.1) is 5.92 Å². The molecule has 5 heteroatoms. The van der Waals surface area contributed by atoms with Gasteiger partial charge in [-0.3, -0.25) is 4.79 Å². The summed E-state index contributed by atoms with van der Waals surface area (Å²) in [6.45, 7) is 7.93. The van der Waals surface area contributed by atoms with E-state index in [0.29, 0.717) is 25.0 Å². The van der Waals surface area contributed by atoms with Gasteiger partial charge in [-0.25, -0.2) is 4.79 Å². The molecule has 0 aromatic heterocycles. The van der Waals surface area contributed by atoms with Gasteiger partial charge < -0.3 is 14.9 Å². The number of carboxylic acids is 1. The fraction of sp³-hybridized carbons (Fsp3) is 0.857. The zero-order valence-corrected chi connectivity index (χ0v) is 12.0. The summed E-state index contributed by atoms with van der Waals surface area (Å²) >= 11 is 0. The molecule has 0 aromatic rings. The molecule has 2 heterocycles. The van der Waals surface area contributed by atoms with Crippen LogP contribution in [-0.4, -0.2) is 52.6 Å². The molecule has 0 spiro atoms. The Kier molecular flexibility index (Phi) is 4.02. The number of rotatable bonds is 2. The molecule has 5 nitrogen and oxygen atoms in total. The van der Waals surface area contributed by atoms with E-state index < -0.39 is 11.9 Å². The van der Waals surface area contributed by atoms with Gasteiger partial charge in [-0.1, -0.05) is 20.8 Å². The van der Waals surface area contributed by atoms with Crippen molar-refractivity contribution in [2.24, 2.45) is 17.8 Å². The smallest absolute Gasteiger partial charge is 0.320 e. The summed E-state index contributed by atoms with van der Waals surface area (Å²) in [5, 5.41) is 9.14. The van der Waals surface area contributed by atoms with Crippen LogP contribution in [0.5, 0.6) is 0 Å². The third-order valence-electron chi connectivity index (χ3n) is 4.51. The molecule has 0 bridgehead atoms. The second-order valence-electron chi connectivity index (χ2n) is 6.26. The molecule has 1 N–H and O–H groups in total. The lowest BCUT2D eigenvalue weighted by Gasteiger charge is -2.31. The Bertz CT molecular complexity index is 370. The van der Waals surface area contributed by atoms with Crippen molar-refractivity contribution in [2.75, 3.05) is 19.6 Å². The van der Waals surface area contributed by atoms with Gasteiger partial charge >= 0.3 is 12.0 Å². The second-order valence-corrected chi connectivity index (χ2v) is 6.26. The van der Waals surface area contributed by atoms with Crippen molar-refractivity contribution in [3.63, 3.8) is 0 Å². The molecule has 19 heavy (non-hydrogen) atoms. The van der Waals surface area contributed by atoms with Gasteiger partial charge in [0.2, 0.25) is 0 Å². The summed E-state index contributed by atoms with van der Waals surface area (Å²) in [4.78, 5) is 27.3. The monoisotopic (exact) mass is 268 g/mol. The Morgan fingerprint density at radius 3 is 2.47 bits per heavy atom. The van der Waals surface area contributed by atoms with E-state index in [1.165, 1.54) is 0 Å². The molecule has 2 fully saturated rings. The number of carbonyl (C=O) groups is 2. The molecule has 0 saturated carbocycles. The standard InChI is InChI=1S/C14H24N2O3/c1-9(2)12-5-4-6-16(12)14(19)15-7-10(3)11(8-15)13(17)18/h9-12H,4-8H2,1-3H3,(H,17,18). The highest BCUT2D eigenvalue weighted by Crippen LogP contribution is 2.29. The molecule has 2 amide bonds. The average molecular weight is 268 g/mol. The summed E-state index contributed by atoms with van der Waals surface area (Å²) in [7, 11) is 0. The van der Waals surface area contributed by atoms with Gasteiger partial charge in [-0.2, -0.15) is 0 Å². The number of carboxylic acid groups (broad SMARTS) is 1. The second kappa shape index (κ2) is 5.39. The van der Waals surface area contributed by atoms with E-state index in [2.05, 4.69) is 13.8 Å². The van der Waals surface area contributed by atoms with Crippen LogP contribution in [0.25, 0.3) is 0 Å². The van der Waals surface area contributed by atoms with Crippen molar-refractivity contribution in [3.8, 4) is 0 Å². The predicted molar refractivity (Wildman–Crippen MR) is 71.8 cm³/mol. The molecule has 3 atom stereocenters.